The second-order valence-electron chi connectivity index (χ2n) is 3.92. The Morgan fingerprint density at radius 3 is 3.20 bits per heavy atom. The first-order valence-corrected chi connectivity index (χ1v) is 8.08. The smallest absolute Gasteiger partial charge is 0.375 e. The molecule has 0 aliphatic carbocycles. The third-order valence-corrected chi connectivity index (χ3v) is 4.66. The summed E-state index contributed by atoms with van der Waals surface area (Å²) < 4.78 is 6.81. The highest BCUT2D eigenvalue weighted by Crippen LogP contribution is 2.38. The highest BCUT2D eigenvalue weighted by Gasteiger charge is 2.24. The van der Waals surface area contributed by atoms with Crippen molar-refractivity contribution < 1.29 is 9.53 Å². The van der Waals surface area contributed by atoms with Crippen molar-refractivity contribution >= 4 is 40.4 Å². The summed E-state index contributed by atoms with van der Waals surface area (Å²) in [6, 6.07) is 5.63. The minimum atomic E-state index is -0.378. The van der Waals surface area contributed by atoms with Gasteiger partial charge in [-0.25, -0.2) is 4.79 Å². The van der Waals surface area contributed by atoms with Gasteiger partial charge in [0, 0.05) is 21.7 Å². The van der Waals surface area contributed by atoms with Gasteiger partial charge in [-0.05, 0) is 25.1 Å². The van der Waals surface area contributed by atoms with Gasteiger partial charge in [-0.15, -0.1) is 22.0 Å². The number of hydrogen-bond acceptors (Lipinski definition) is 6. The first-order chi connectivity index (χ1) is 9.69. The third-order valence-electron chi connectivity index (χ3n) is 2.66. The lowest BCUT2D eigenvalue weighted by molar-refractivity contribution is 0.181. The lowest BCUT2D eigenvalue weighted by atomic mass is 10.3. The van der Waals surface area contributed by atoms with E-state index in [0.717, 1.165) is 28.2 Å². The minimum Gasteiger partial charge on any atom is -0.458 e. The van der Waals surface area contributed by atoms with Gasteiger partial charge in [-0.2, -0.15) is 0 Å². The van der Waals surface area contributed by atoms with E-state index in [9.17, 15) is 4.79 Å². The van der Waals surface area contributed by atoms with Crippen LogP contribution in [0.1, 0.15) is 12.7 Å². The molecule has 0 saturated heterocycles. The Balaban J connectivity index is 2.00. The van der Waals surface area contributed by atoms with Gasteiger partial charge in [-0.3, -0.25) is 4.57 Å². The first kappa shape index (κ1) is 13.8. The Hall–Kier alpha value is -1.18. The molecule has 0 radical (unpaired) electrons. The molecular weight excluding hydrogens is 318 g/mol. The van der Waals surface area contributed by atoms with Crippen LogP contribution in [0.15, 0.2) is 28.3 Å². The van der Waals surface area contributed by atoms with Crippen LogP contribution in [-0.4, -0.2) is 26.7 Å². The van der Waals surface area contributed by atoms with Crippen molar-refractivity contribution in [3.8, 4) is 5.69 Å². The molecule has 3 rings (SSSR count). The number of aromatic nitrogens is 3. The summed E-state index contributed by atoms with van der Waals surface area (Å²) in [5.41, 5.74) is 0.942. The Labute approximate surface area is 129 Å². The molecule has 0 N–H and O–H groups in total. The van der Waals surface area contributed by atoms with E-state index in [1.165, 1.54) is 0 Å². The molecule has 1 aromatic carbocycles. The van der Waals surface area contributed by atoms with Crippen molar-refractivity contribution in [3.63, 3.8) is 0 Å². The lowest BCUT2D eigenvalue weighted by Gasteiger charge is -2.18. The van der Waals surface area contributed by atoms with Crippen LogP contribution < -0.4 is 0 Å². The summed E-state index contributed by atoms with van der Waals surface area (Å²) in [5, 5.41) is 9.02. The normalized spacial score (nSPS) is 12.7. The Bertz CT molecular complexity index is 675. The van der Waals surface area contributed by atoms with Crippen LogP contribution >= 0.6 is 35.1 Å². The van der Waals surface area contributed by atoms with Crippen LogP contribution in [0.2, 0.25) is 5.02 Å². The summed E-state index contributed by atoms with van der Waals surface area (Å²) in [6.07, 6.45) is 0. The Kier molecular flexibility index (Phi) is 3.91. The number of carbonyl (C=O) groups excluding carboxylic acids is 1. The van der Waals surface area contributed by atoms with Gasteiger partial charge < -0.3 is 4.74 Å². The Morgan fingerprint density at radius 2 is 2.40 bits per heavy atom. The molecule has 1 aliphatic heterocycles. The first-order valence-electron chi connectivity index (χ1n) is 5.90. The fraction of sp³-hybridized carbons (Fsp3) is 0.250. The average molecular weight is 328 g/mol. The quantitative estimate of drug-likeness (QED) is 0.618. The predicted molar refractivity (Wildman–Crippen MR) is 78.8 cm³/mol. The van der Waals surface area contributed by atoms with Crippen LogP contribution in [0.3, 0.4) is 0 Å². The van der Waals surface area contributed by atoms with Crippen LogP contribution in [0.25, 0.3) is 5.69 Å². The number of carbonyl (C=O) groups is 1. The molecule has 1 aromatic heterocycles. The van der Waals surface area contributed by atoms with Gasteiger partial charge in [0.1, 0.15) is 5.82 Å². The molecule has 0 atom stereocenters. The van der Waals surface area contributed by atoms with Crippen molar-refractivity contribution in [2.75, 3.05) is 6.61 Å². The number of nitrogens with zero attached hydrogens (tertiary/aromatic N) is 3. The maximum Gasteiger partial charge on any atom is 0.375 e. The van der Waals surface area contributed by atoms with Gasteiger partial charge in [0.15, 0.2) is 0 Å². The molecule has 20 heavy (non-hydrogen) atoms. The molecular formula is C12H10ClN3O2S2. The summed E-state index contributed by atoms with van der Waals surface area (Å²) in [7, 11) is 0. The second-order valence-corrected chi connectivity index (χ2v) is 6.28. The third kappa shape index (κ3) is 2.53. The van der Waals surface area contributed by atoms with Gasteiger partial charge in [0.05, 0.1) is 18.0 Å². The topological polar surface area (TPSA) is 57.0 Å². The number of ether oxygens (including phenoxy) is 1. The predicted octanol–water partition coefficient (Wildman–Crippen LogP) is 3.78. The summed E-state index contributed by atoms with van der Waals surface area (Å²) in [6.45, 7) is 2.11. The van der Waals surface area contributed by atoms with Crippen LogP contribution in [-0.2, 0) is 10.5 Å². The van der Waals surface area contributed by atoms with E-state index in [2.05, 4.69) is 10.2 Å². The number of fused-ring (bicyclic) bond motifs is 3. The molecule has 5 nitrogen and oxygen atoms in total. The maximum atomic E-state index is 11.6. The van der Waals surface area contributed by atoms with Crippen molar-refractivity contribution in [3.05, 3.63) is 29.0 Å². The zero-order chi connectivity index (χ0) is 14.1. The van der Waals surface area contributed by atoms with Gasteiger partial charge in [-0.1, -0.05) is 11.6 Å². The highest BCUT2D eigenvalue weighted by atomic mass is 35.5. The number of hydrogen-bond donors (Lipinski definition) is 0. The minimum absolute atomic E-state index is 0.342. The van der Waals surface area contributed by atoms with Crippen molar-refractivity contribution in [2.45, 2.75) is 22.7 Å². The van der Waals surface area contributed by atoms with E-state index in [4.69, 9.17) is 16.3 Å². The number of thioether (sulfide) groups is 2. The molecule has 104 valence electrons. The van der Waals surface area contributed by atoms with Crippen molar-refractivity contribution in [1.29, 1.82) is 0 Å². The van der Waals surface area contributed by atoms with Crippen LogP contribution in [0, 0.1) is 0 Å². The summed E-state index contributed by atoms with van der Waals surface area (Å²) in [5.74, 6) is 1.51. The fourth-order valence-electron chi connectivity index (χ4n) is 1.85. The Morgan fingerprint density at radius 1 is 1.55 bits per heavy atom. The molecule has 8 heteroatoms. The van der Waals surface area contributed by atoms with Crippen LogP contribution in [0.5, 0.6) is 0 Å². The van der Waals surface area contributed by atoms with Crippen molar-refractivity contribution in [1.82, 2.24) is 14.8 Å². The number of rotatable bonds is 2. The van der Waals surface area contributed by atoms with E-state index in [-0.39, 0.29) is 5.30 Å². The summed E-state index contributed by atoms with van der Waals surface area (Å²) in [4.78, 5) is 12.6. The van der Waals surface area contributed by atoms with Crippen molar-refractivity contribution in [2.24, 2.45) is 0 Å². The molecule has 0 bridgehead atoms. The molecule has 0 fully saturated rings. The van der Waals surface area contributed by atoms with Gasteiger partial charge in [0.25, 0.3) is 0 Å². The fourth-order valence-corrected chi connectivity index (χ4v) is 3.78. The summed E-state index contributed by atoms with van der Waals surface area (Å²) >= 11 is 8.61. The molecule has 0 spiro atoms. The van der Waals surface area contributed by atoms with Crippen LogP contribution in [0.4, 0.5) is 4.79 Å². The standard InChI is InChI=1S/C12H10ClN3O2S2/c1-2-18-12(17)20-11-15-14-10-6-19-9-5-7(13)3-4-8(9)16(10)11/h3-5H,2,6H2,1H3. The maximum absolute atomic E-state index is 11.6. The SMILES string of the molecule is CCOC(=O)Sc1nnc2n1-c1ccc(Cl)cc1SC2. The molecule has 0 saturated carbocycles. The largest absolute Gasteiger partial charge is 0.458 e. The molecule has 2 aromatic rings. The van der Waals surface area contributed by atoms with Gasteiger partial charge >= 0.3 is 5.30 Å². The molecule has 0 amide bonds. The van der Waals surface area contributed by atoms with E-state index in [1.807, 2.05) is 22.8 Å². The molecule has 1 aliphatic rings. The molecule has 2 heterocycles. The van der Waals surface area contributed by atoms with E-state index in [0.29, 0.717) is 22.5 Å². The number of halogens is 1. The zero-order valence-electron chi connectivity index (χ0n) is 10.5. The van der Waals surface area contributed by atoms with Gasteiger partial charge in [0.2, 0.25) is 5.16 Å². The van der Waals surface area contributed by atoms with E-state index >= 15 is 0 Å². The average Bonchev–Trinajstić information content (AvgIpc) is 2.82. The number of benzene rings is 1. The van der Waals surface area contributed by atoms with E-state index < -0.39 is 0 Å². The highest BCUT2D eigenvalue weighted by molar-refractivity contribution is 8.13. The van der Waals surface area contributed by atoms with E-state index in [1.54, 1.807) is 18.7 Å². The lowest BCUT2D eigenvalue weighted by Crippen LogP contribution is -2.08. The second kappa shape index (κ2) is 5.67. The zero-order valence-corrected chi connectivity index (χ0v) is 12.9. The molecule has 0 unspecified atom stereocenters. The monoisotopic (exact) mass is 327 g/mol.